The van der Waals surface area contributed by atoms with E-state index in [1.54, 1.807) is 0 Å². The van der Waals surface area contributed by atoms with Gasteiger partial charge < -0.3 is 20.0 Å². The molecular weight excluding hydrogens is 255 g/mol. The quantitative estimate of drug-likeness (QED) is 0.236. The fraction of sp³-hybridized carbons (Fsp3) is 0.833. The molecule has 0 radical (unpaired) electrons. The molecule has 1 atom stereocenters. The zero-order chi connectivity index (χ0) is 12.2. The van der Waals surface area contributed by atoms with Crippen LogP contribution in [0.25, 0.3) is 0 Å². The molecule has 0 aromatic carbocycles. The first-order chi connectivity index (χ1) is 6.69. The van der Waals surface area contributed by atoms with Crippen molar-refractivity contribution in [1.82, 2.24) is 9.80 Å². The number of hydrogen-bond acceptors (Lipinski definition) is 5. The Morgan fingerprint density at radius 2 is 1.69 bits per heavy atom. The van der Waals surface area contributed by atoms with Crippen molar-refractivity contribution in [2.24, 2.45) is 0 Å². The van der Waals surface area contributed by atoms with Crippen LogP contribution in [0.15, 0.2) is 0 Å². The van der Waals surface area contributed by atoms with Gasteiger partial charge in [-0.2, -0.15) is 8.78 Å². The average molecular weight is 268 g/mol. The van der Waals surface area contributed by atoms with E-state index in [0.29, 0.717) is 4.90 Å². The smallest absolute Gasteiger partial charge is 0.402 e. The zero-order valence-corrected chi connectivity index (χ0v) is 12.3. The van der Waals surface area contributed by atoms with E-state index in [0.717, 1.165) is 4.90 Å². The second kappa shape index (κ2) is 8.40. The fourth-order valence-electron chi connectivity index (χ4n) is 0.957. The van der Waals surface area contributed by atoms with E-state index in [9.17, 15) is 13.2 Å². The van der Waals surface area contributed by atoms with Crippen molar-refractivity contribution in [2.45, 2.75) is 12.3 Å². The molecule has 3 N–H and O–H groups in total. The van der Waals surface area contributed by atoms with Crippen LogP contribution in [-0.4, -0.2) is 64.7 Å². The Morgan fingerprint density at radius 3 is 2.00 bits per heavy atom. The Labute approximate surface area is 135 Å². The molecule has 16 heavy (non-hydrogen) atoms. The van der Waals surface area contributed by atoms with E-state index in [4.69, 9.17) is 15.1 Å². The van der Waals surface area contributed by atoms with E-state index in [1.807, 2.05) is 0 Å². The van der Waals surface area contributed by atoms with Gasteiger partial charge in [0, 0.05) is 6.54 Å². The van der Waals surface area contributed by atoms with Crippen LogP contribution in [0.4, 0.5) is 13.2 Å². The second-order valence-corrected chi connectivity index (χ2v) is 3.01. The number of halogens is 3. The Bertz CT molecular complexity index is 201. The van der Waals surface area contributed by atoms with Crippen molar-refractivity contribution < 1.29 is 79.6 Å². The van der Waals surface area contributed by atoms with E-state index in [-0.39, 0.29) is 64.5 Å². The molecule has 0 bridgehead atoms. The maximum Gasteiger partial charge on any atom is 1.00 e. The van der Waals surface area contributed by atoms with Crippen molar-refractivity contribution in [1.29, 1.82) is 0 Å². The van der Waals surface area contributed by atoms with Crippen LogP contribution in [0.3, 0.4) is 0 Å². The number of nitrogens with zero attached hydrogens (tertiary/aromatic N) is 2. The summed E-state index contributed by atoms with van der Waals surface area (Å²) in [6.07, 6.45) is -2.24. The molecule has 0 aliphatic carbocycles. The third-order valence-corrected chi connectivity index (χ3v) is 1.82. The number of likely N-dealkylation sites (N-methyl/N-ethyl adjacent to an activating group) is 1. The maximum atomic E-state index is 12.7. The third kappa shape index (κ3) is 6.29. The largest absolute Gasteiger partial charge is 1.00 e. The standard InChI is InChI=1S/C6H10F3N2.BH3O3.K/c1-10-3-4-11(2)6(8,9)5(10)7;2-1(3)4;/h5H,2-4H2,1H3;2-4H;/q-1;;+1. The molecule has 1 aliphatic heterocycles. The first kappa shape index (κ1) is 19.6. The molecule has 0 saturated carbocycles. The fourth-order valence-corrected chi connectivity index (χ4v) is 0.957. The van der Waals surface area contributed by atoms with Crippen molar-refractivity contribution in [2.75, 3.05) is 20.1 Å². The van der Waals surface area contributed by atoms with E-state index in [2.05, 4.69) is 7.05 Å². The Balaban J connectivity index is 0. The van der Waals surface area contributed by atoms with Crippen LogP contribution in [0.1, 0.15) is 0 Å². The molecule has 1 unspecified atom stereocenters. The van der Waals surface area contributed by atoms with Gasteiger partial charge in [0.25, 0.3) is 0 Å². The number of rotatable bonds is 0. The Morgan fingerprint density at radius 1 is 1.31 bits per heavy atom. The Hall–Kier alpha value is 1.29. The van der Waals surface area contributed by atoms with Gasteiger partial charge in [-0.1, -0.05) is 0 Å². The molecule has 0 spiro atoms. The van der Waals surface area contributed by atoms with Crippen molar-refractivity contribution in [3.8, 4) is 0 Å². The van der Waals surface area contributed by atoms with E-state index < -0.39 is 19.7 Å². The molecule has 0 aromatic heterocycles. The van der Waals surface area contributed by atoms with Crippen LogP contribution in [0.5, 0.6) is 0 Å². The van der Waals surface area contributed by atoms with Crippen LogP contribution in [0.2, 0.25) is 0 Å². The topological polar surface area (TPSA) is 67.2 Å². The SMILES string of the molecule is OB(O)O.[CH2-]N1CCN(C)C(F)C1(F)F.[K+]. The molecule has 1 fully saturated rings. The second-order valence-electron chi connectivity index (χ2n) is 3.01. The first-order valence-corrected chi connectivity index (χ1v) is 4.04. The van der Waals surface area contributed by atoms with Gasteiger partial charge in [0.15, 0.2) is 0 Å². The molecule has 1 aliphatic rings. The summed E-state index contributed by atoms with van der Waals surface area (Å²) < 4.78 is 38.1. The molecule has 1 heterocycles. The molecule has 0 aromatic rings. The van der Waals surface area contributed by atoms with Crippen LogP contribution < -0.4 is 51.4 Å². The van der Waals surface area contributed by atoms with Crippen molar-refractivity contribution >= 4 is 7.32 Å². The number of piperazine rings is 1. The summed E-state index contributed by atoms with van der Waals surface area (Å²) >= 11 is 0. The van der Waals surface area contributed by atoms with Crippen molar-refractivity contribution in [3.63, 3.8) is 0 Å². The van der Waals surface area contributed by atoms with Gasteiger partial charge in [0.05, 0.1) is 0 Å². The number of hydrogen-bond donors (Lipinski definition) is 3. The van der Waals surface area contributed by atoms with Crippen LogP contribution in [0, 0.1) is 7.05 Å². The maximum absolute atomic E-state index is 12.7. The zero-order valence-electron chi connectivity index (χ0n) is 9.15. The van der Waals surface area contributed by atoms with Gasteiger partial charge in [-0.25, -0.2) is 4.39 Å². The number of alkyl halides is 3. The van der Waals surface area contributed by atoms with Gasteiger partial charge >= 0.3 is 64.8 Å². The minimum absolute atomic E-state index is 0. The van der Waals surface area contributed by atoms with Gasteiger partial charge in [-0.05, 0) is 13.6 Å². The summed E-state index contributed by atoms with van der Waals surface area (Å²) in [5, 5.41) is 21.5. The monoisotopic (exact) mass is 268 g/mol. The van der Waals surface area contributed by atoms with Crippen LogP contribution >= 0.6 is 0 Å². The van der Waals surface area contributed by atoms with Crippen molar-refractivity contribution in [3.05, 3.63) is 7.05 Å². The summed E-state index contributed by atoms with van der Waals surface area (Å²) in [7, 11) is 2.21. The van der Waals surface area contributed by atoms with E-state index >= 15 is 0 Å². The summed E-state index contributed by atoms with van der Waals surface area (Å²) in [5.41, 5.74) is 0. The summed E-state index contributed by atoms with van der Waals surface area (Å²) in [6.45, 7) is 0.365. The van der Waals surface area contributed by atoms with Gasteiger partial charge in [-0.15, -0.1) is 0 Å². The summed E-state index contributed by atoms with van der Waals surface area (Å²) in [4.78, 5) is 1.46. The van der Waals surface area contributed by atoms with E-state index in [1.165, 1.54) is 7.05 Å². The van der Waals surface area contributed by atoms with Crippen LogP contribution in [-0.2, 0) is 0 Å². The molecule has 5 nitrogen and oxygen atoms in total. The molecule has 0 amide bonds. The summed E-state index contributed by atoms with van der Waals surface area (Å²) in [5.74, 6) is 0. The molecule has 1 saturated heterocycles. The Kier molecular flexibility index (Phi) is 10.3. The predicted octanol–water partition coefficient (Wildman–Crippen LogP) is -4.13. The van der Waals surface area contributed by atoms with Gasteiger partial charge in [-0.3, -0.25) is 11.9 Å². The molecule has 90 valence electrons. The third-order valence-electron chi connectivity index (χ3n) is 1.82. The average Bonchev–Trinajstić information content (AvgIpc) is 2.08. The normalized spacial score (nSPS) is 25.1. The minimum atomic E-state index is -3.45. The summed E-state index contributed by atoms with van der Waals surface area (Å²) in [6, 6.07) is -3.45. The molecule has 10 heteroatoms. The molecule has 1 rings (SSSR count). The minimum Gasteiger partial charge on any atom is -0.402 e. The van der Waals surface area contributed by atoms with Gasteiger partial charge in [0.1, 0.15) is 0 Å². The molecular formula is C6H13BF3KN2O3. The first-order valence-electron chi connectivity index (χ1n) is 4.04. The predicted molar refractivity (Wildman–Crippen MR) is 46.9 cm³/mol. The van der Waals surface area contributed by atoms with Gasteiger partial charge in [0.2, 0.25) is 6.30 Å².